The number of likely N-dealkylation sites (tertiary alicyclic amines) is 2. The smallest absolute Gasteiger partial charge is 0.225 e. The van der Waals surface area contributed by atoms with Gasteiger partial charge in [0.25, 0.3) is 0 Å². The quantitative estimate of drug-likeness (QED) is 0.853. The van der Waals surface area contributed by atoms with E-state index in [0.29, 0.717) is 11.9 Å². The molecule has 3 nitrogen and oxygen atoms in total. The Labute approximate surface area is 127 Å². The van der Waals surface area contributed by atoms with Gasteiger partial charge in [-0.3, -0.25) is 9.69 Å². The summed E-state index contributed by atoms with van der Waals surface area (Å²) >= 11 is 0. The van der Waals surface area contributed by atoms with E-state index in [1.807, 2.05) is 13.8 Å². The Morgan fingerprint density at radius 3 is 2.67 bits per heavy atom. The second kappa shape index (κ2) is 5.45. The zero-order valence-corrected chi connectivity index (χ0v) is 13.4. The van der Waals surface area contributed by atoms with E-state index in [2.05, 4.69) is 47.1 Å². The zero-order chi connectivity index (χ0) is 15.0. The Balaban J connectivity index is 1.70. The molecule has 0 saturated carbocycles. The number of nitrogens with zero attached hydrogens (tertiary/aromatic N) is 2. The second-order valence-corrected chi connectivity index (χ2v) is 6.92. The van der Waals surface area contributed by atoms with E-state index in [1.165, 1.54) is 5.56 Å². The van der Waals surface area contributed by atoms with Crippen molar-refractivity contribution in [2.75, 3.05) is 13.1 Å². The number of rotatable bonds is 3. The molecule has 2 aliphatic rings. The molecule has 2 atom stereocenters. The van der Waals surface area contributed by atoms with Crippen LogP contribution in [0.3, 0.4) is 0 Å². The molecule has 1 aromatic carbocycles. The molecule has 0 N–H and O–H groups in total. The van der Waals surface area contributed by atoms with E-state index in [0.717, 1.165) is 32.5 Å². The van der Waals surface area contributed by atoms with Gasteiger partial charge >= 0.3 is 0 Å². The number of amides is 1. The zero-order valence-electron chi connectivity index (χ0n) is 13.4. The molecule has 2 fully saturated rings. The molecular weight excluding hydrogens is 260 g/mol. The average molecular weight is 286 g/mol. The highest BCUT2D eigenvalue weighted by Gasteiger charge is 2.57. The summed E-state index contributed by atoms with van der Waals surface area (Å²) in [5.41, 5.74) is 1.47. The van der Waals surface area contributed by atoms with Crippen LogP contribution in [0.2, 0.25) is 0 Å². The van der Waals surface area contributed by atoms with Crippen LogP contribution in [-0.4, -0.2) is 40.4 Å². The van der Waals surface area contributed by atoms with Crippen molar-refractivity contribution < 1.29 is 4.79 Å². The lowest BCUT2D eigenvalue weighted by atomic mass is 9.77. The van der Waals surface area contributed by atoms with Gasteiger partial charge in [0.15, 0.2) is 0 Å². The Morgan fingerprint density at radius 1 is 1.33 bits per heavy atom. The molecule has 3 rings (SSSR count). The maximum Gasteiger partial charge on any atom is 0.225 e. The number of benzene rings is 1. The lowest BCUT2D eigenvalue weighted by Crippen LogP contribution is -2.74. The first kappa shape index (κ1) is 14.6. The van der Waals surface area contributed by atoms with Crippen LogP contribution in [0.1, 0.15) is 39.2 Å². The predicted molar refractivity (Wildman–Crippen MR) is 84.8 cm³/mol. The van der Waals surface area contributed by atoms with Crippen molar-refractivity contribution in [3.63, 3.8) is 0 Å². The van der Waals surface area contributed by atoms with Crippen LogP contribution in [0.15, 0.2) is 30.3 Å². The van der Waals surface area contributed by atoms with Gasteiger partial charge in [0.2, 0.25) is 5.91 Å². The van der Waals surface area contributed by atoms with Gasteiger partial charge in [-0.2, -0.15) is 0 Å². The normalized spacial score (nSPS) is 29.1. The molecule has 1 amide bonds. The molecule has 114 valence electrons. The molecule has 2 heterocycles. The summed E-state index contributed by atoms with van der Waals surface area (Å²) in [4.78, 5) is 17.2. The monoisotopic (exact) mass is 286 g/mol. The first-order valence-electron chi connectivity index (χ1n) is 8.14. The van der Waals surface area contributed by atoms with Crippen LogP contribution >= 0.6 is 0 Å². The molecule has 0 bridgehead atoms. The molecule has 2 unspecified atom stereocenters. The van der Waals surface area contributed by atoms with Crippen molar-refractivity contribution in [2.45, 2.75) is 51.7 Å². The minimum atomic E-state index is 0.107. The summed E-state index contributed by atoms with van der Waals surface area (Å²) in [6.07, 6.45) is 2.32. The van der Waals surface area contributed by atoms with Crippen LogP contribution in [0, 0.1) is 5.92 Å². The average Bonchev–Trinajstić information content (AvgIpc) is 2.93. The third kappa shape index (κ3) is 2.38. The summed E-state index contributed by atoms with van der Waals surface area (Å²) < 4.78 is 0. The van der Waals surface area contributed by atoms with E-state index in [9.17, 15) is 4.79 Å². The number of hydrogen-bond acceptors (Lipinski definition) is 2. The lowest BCUT2D eigenvalue weighted by Gasteiger charge is -2.59. The van der Waals surface area contributed by atoms with Gasteiger partial charge in [0.05, 0.1) is 5.54 Å². The van der Waals surface area contributed by atoms with Crippen molar-refractivity contribution >= 4 is 5.91 Å². The van der Waals surface area contributed by atoms with E-state index in [1.54, 1.807) is 0 Å². The second-order valence-electron chi connectivity index (χ2n) is 6.92. The van der Waals surface area contributed by atoms with Crippen molar-refractivity contribution in [1.82, 2.24) is 9.80 Å². The highest BCUT2D eigenvalue weighted by molar-refractivity contribution is 5.79. The maximum absolute atomic E-state index is 12.5. The minimum absolute atomic E-state index is 0.107. The topological polar surface area (TPSA) is 23.6 Å². The molecule has 0 aromatic heterocycles. The molecule has 0 aliphatic carbocycles. The van der Waals surface area contributed by atoms with Crippen molar-refractivity contribution in [1.29, 1.82) is 0 Å². The fraction of sp³-hybridized carbons (Fsp3) is 0.611. The summed E-state index contributed by atoms with van der Waals surface area (Å²) in [7, 11) is 0. The highest BCUT2D eigenvalue weighted by atomic mass is 16.2. The number of carbonyl (C=O) groups is 1. The predicted octanol–water partition coefficient (Wildman–Crippen LogP) is 2.91. The highest BCUT2D eigenvalue weighted by Crippen LogP contribution is 2.44. The molecule has 3 heteroatoms. The Kier molecular flexibility index (Phi) is 3.78. The van der Waals surface area contributed by atoms with E-state index in [4.69, 9.17) is 0 Å². The van der Waals surface area contributed by atoms with E-state index in [-0.39, 0.29) is 11.5 Å². The van der Waals surface area contributed by atoms with Crippen LogP contribution < -0.4 is 0 Å². The van der Waals surface area contributed by atoms with Crippen LogP contribution in [0.5, 0.6) is 0 Å². The minimum Gasteiger partial charge on any atom is -0.334 e. The first-order chi connectivity index (χ1) is 10.0. The molecular formula is C18H26N2O. The van der Waals surface area contributed by atoms with Gasteiger partial charge in [-0.25, -0.2) is 0 Å². The van der Waals surface area contributed by atoms with Crippen LogP contribution in [0.4, 0.5) is 0 Å². The maximum atomic E-state index is 12.5. The van der Waals surface area contributed by atoms with Crippen LogP contribution in [-0.2, 0) is 11.3 Å². The molecule has 2 saturated heterocycles. The molecule has 2 aliphatic heterocycles. The fourth-order valence-electron chi connectivity index (χ4n) is 4.00. The van der Waals surface area contributed by atoms with Gasteiger partial charge in [0, 0.05) is 31.6 Å². The van der Waals surface area contributed by atoms with Gasteiger partial charge in [0.1, 0.15) is 0 Å². The number of hydrogen-bond donors (Lipinski definition) is 0. The molecule has 1 aromatic rings. The molecule has 21 heavy (non-hydrogen) atoms. The third-order valence-electron chi connectivity index (χ3n) is 5.32. The summed E-state index contributed by atoms with van der Waals surface area (Å²) in [5.74, 6) is 0.439. The SMILES string of the molecule is CC(C)C(=O)N1CCCC12CN(Cc1ccccc1)C2C. The van der Waals surface area contributed by atoms with Crippen LogP contribution in [0.25, 0.3) is 0 Å². The molecule has 1 spiro atoms. The summed E-state index contributed by atoms with van der Waals surface area (Å²) in [6, 6.07) is 11.1. The Morgan fingerprint density at radius 2 is 2.05 bits per heavy atom. The lowest BCUT2D eigenvalue weighted by molar-refractivity contribution is -0.153. The van der Waals surface area contributed by atoms with E-state index < -0.39 is 0 Å². The van der Waals surface area contributed by atoms with Crippen molar-refractivity contribution in [2.24, 2.45) is 5.92 Å². The van der Waals surface area contributed by atoms with Gasteiger partial charge in [-0.05, 0) is 25.3 Å². The standard InChI is InChI=1S/C18H26N2O/c1-14(2)17(21)20-11-7-10-18(20)13-19(15(18)3)12-16-8-5-4-6-9-16/h4-6,8-9,14-15H,7,10-13H2,1-3H3. The molecule has 0 radical (unpaired) electrons. The van der Waals surface area contributed by atoms with Gasteiger partial charge in [-0.1, -0.05) is 44.2 Å². The fourth-order valence-corrected chi connectivity index (χ4v) is 4.00. The van der Waals surface area contributed by atoms with Crippen molar-refractivity contribution in [3.8, 4) is 0 Å². The Bertz CT molecular complexity index is 513. The summed E-state index contributed by atoms with van der Waals surface area (Å²) in [5, 5.41) is 0. The Hall–Kier alpha value is -1.35. The van der Waals surface area contributed by atoms with Gasteiger partial charge in [-0.15, -0.1) is 0 Å². The number of carbonyl (C=O) groups excluding carboxylic acids is 1. The van der Waals surface area contributed by atoms with E-state index >= 15 is 0 Å². The third-order valence-corrected chi connectivity index (χ3v) is 5.32. The van der Waals surface area contributed by atoms with Crippen molar-refractivity contribution in [3.05, 3.63) is 35.9 Å². The first-order valence-corrected chi connectivity index (χ1v) is 8.14. The largest absolute Gasteiger partial charge is 0.334 e. The summed E-state index contributed by atoms with van der Waals surface area (Å²) in [6.45, 7) is 9.28. The van der Waals surface area contributed by atoms with Gasteiger partial charge < -0.3 is 4.90 Å².